The molecule has 1 N–H and O–H groups in total. The third-order valence-electron chi connectivity index (χ3n) is 3.41. The zero-order valence-corrected chi connectivity index (χ0v) is 16.3. The van der Waals surface area contributed by atoms with Crippen molar-refractivity contribution in [2.24, 2.45) is 0 Å². The van der Waals surface area contributed by atoms with Crippen LogP contribution in [0.5, 0.6) is 0 Å². The molecule has 25 heavy (non-hydrogen) atoms. The SMILES string of the molecule is CNC(=O)CN(Cc1ccc(Cl)cc1Cl)S(=O)(=O)c1ccc(Cl)cc1. The van der Waals surface area contributed by atoms with Crippen molar-refractivity contribution < 1.29 is 13.2 Å². The lowest BCUT2D eigenvalue weighted by Gasteiger charge is -2.22. The number of carbonyl (C=O) groups excluding carboxylic acids is 1. The third-order valence-corrected chi connectivity index (χ3v) is 6.06. The Morgan fingerprint density at radius 2 is 1.64 bits per heavy atom. The molecule has 0 fully saturated rings. The molecule has 0 radical (unpaired) electrons. The average molecular weight is 422 g/mol. The van der Waals surface area contributed by atoms with Gasteiger partial charge >= 0.3 is 0 Å². The predicted octanol–water partition coefficient (Wildman–Crippen LogP) is 3.58. The van der Waals surface area contributed by atoms with E-state index in [0.29, 0.717) is 20.6 Å². The lowest BCUT2D eigenvalue weighted by Crippen LogP contribution is -2.39. The number of halogens is 3. The summed E-state index contributed by atoms with van der Waals surface area (Å²) >= 11 is 17.8. The molecule has 0 saturated carbocycles. The van der Waals surface area contributed by atoms with Crippen LogP contribution in [0.3, 0.4) is 0 Å². The second kappa shape index (κ2) is 8.38. The molecule has 0 heterocycles. The Hall–Kier alpha value is -1.31. The molecule has 2 aromatic carbocycles. The number of nitrogens with zero attached hydrogens (tertiary/aromatic N) is 1. The first-order chi connectivity index (χ1) is 11.7. The van der Waals surface area contributed by atoms with Gasteiger partial charge in [0, 0.05) is 28.7 Å². The number of amides is 1. The van der Waals surface area contributed by atoms with Crippen molar-refractivity contribution in [3.63, 3.8) is 0 Å². The van der Waals surface area contributed by atoms with E-state index in [1.165, 1.54) is 37.4 Å². The van der Waals surface area contributed by atoms with Crippen molar-refractivity contribution in [3.05, 3.63) is 63.1 Å². The van der Waals surface area contributed by atoms with Gasteiger partial charge in [-0.15, -0.1) is 0 Å². The summed E-state index contributed by atoms with van der Waals surface area (Å²) in [7, 11) is -2.49. The van der Waals surface area contributed by atoms with Gasteiger partial charge in [-0.1, -0.05) is 40.9 Å². The van der Waals surface area contributed by atoms with Gasteiger partial charge in [-0.25, -0.2) is 8.42 Å². The quantitative estimate of drug-likeness (QED) is 0.775. The van der Waals surface area contributed by atoms with Crippen molar-refractivity contribution in [1.82, 2.24) is 9.62 Å². The molecule has 2 aromatic rings. The van der Waals surface area contributed by atoms with Gasteiger partial charge in [-0.05, 0) is 42.0 Å². The summed E-state index contributed by atoms with van der Waals surface area (Å²) in [6, 6.07) is 10.5. The highest BCUT2D eigenvalue weighted by atomic mass is 35.5. The fraction of sp³-hybridized carbons (Fsp3) is 0.188. The number of nitrogens with one attached hydrogen (secondary N) is 1. The fourth-order valence-corrected chi connectivity index (χ4v) is 4.03. The Balaban J connectivity index is 2.40. The monoisotopic (exact) mass is 420 g/mol. The number of benzene rings is 2. The molecule has 0 aromatic heterocycles. The zero-order chi connectivity index (χ0) is 18.6. The number of carbonyl (C=O) groups is 1. The summed E-state index contributed by atoms with van der Waals surface area (Å²) < 4.78 is 26.9. The van der Waals surface area contributed by atoms with Gasteiger partial charge in [0.25, 0.3) is 0 Å². The largest absolute Gasteiger partial charge is 0.358 e. The molecule has 0 aliphatic heterocycles. The molecule has 9 heteroatoms. The third kappa shape index (κ3) is 5.09. The molecular weight excluding hydrogens is 407 g/mol. The van der Waals surface area contributed by atoms with Crippen LogP contribution >= 0.6 is 34.8 Å². The van der Waals surface area contributed by atoms with E-state index in [1.54, 1.807) is 12.1 Å². The van der Waals surface area contributed by atoms with E-state index in [0.717, 1.165) is 4.31 Å². The van der Waals surface area contributed by atoms with E-state index in [2.05, 4.69) is 5.32 Å². The van der Waals surface area contributed by atoms with Gasteiger partial charge < -0.3 is 5.32 Å². The van der Waals surface area contributed by atoms with E-state index >= 15 is 0 Å². The van der Waals surface area contributed by atoms with Crippen LogP contribution in [-0.4, -0.2) is 32.2 Å². The van der Waals surface area contributed by atoms with Gasteiger partial charge in [0.05, 0.1) is 11.4 Å². The minimum atomic E-state index is -3.93. The van der Waals surface area contributed by atoms with Gasteiger partial charge in [0.15, 0.2) is 0 Å². The molecule has 0 saturated heterocycles. The summed E-state index contributed by atoms with van der Waals surface area (Å²) in [6.07, 6.45) is 0. The Labute approximate surface area is 161 Å². The smallest absolute Gasteiger partial charge is 0.243 e. The van der Waals surface area contributed by atoms with Crippen molar-refractivity contribution in [3.8, 4) is 0 Å². The standard InChI is InChI=1S/C16H15Cl3N2O3S/c1-20-16(22)10-21(9-11-2-3-13(18)8-15(11)19)25(23,24)14-6-4-12(17)5-7-14/h2-8H,9-10H2,1H3,(H,20,22). The summed E-state index contributed by atoms with van der Waals surface area (Å²) in [5.74, 6) is -0.442. The van der Waals surface area contributed by atoms with Crippen LogP contribution < -0.4 is 5.32 Å². The number of hydrogen-bond donors (Lipinski definition) is 1. The first-order valence-electron chi connectivity index (χ1n) is 7.14. The number of sulfonamides is 1. The topological polar surface area (TPSA) is 66.5 Å². The zero-order valence-electron chi connectivity index (χ0n) is 13.2. The molecule has 134 valence electrons. The van der Waals surface area contributed by atoms with Crippen molar-refractivity contribution >= 4 is 50.7 Å². The minimum Gasteiger partial charge on any atom is -0.358 e. The van der Waals surface area contributed by atoms with E-state index in [9.17, 15) is 13.2 Å². The Morgan fingerprint density at radius 1 is 1.04 bits per heavy atom. The highest BCUT2D eigenvalue weighted by Gasteiger charge is 2.27. The minimum absolute atomic E-state index is 0.0332. The Kier molecular flexibility index (Phi) is 6.71. The Bertz CT molecular complexity index is 871. The van der Waals surface area contributed by atoms with Gasteiger partial charge in [-0.3, -0.25) is 4.79 Å². The second-order valence-corrected chi connectivity index (χ2v) is 8.35. The molecule has 0 aliphatic carbocycles. The summed E-state index contributed by atoms with van der Waals surface area (Å²) in [6.45, 7) is -0.422. The molecule has 0 aliphatic rings. The molecular formula is C16H15Cl3N2O3S. The van der Waals surface area contributed by atoms with E-state index < -0.39 is 15.9 Å². The molecule has 0 bridgehead atoms. The fourth-order valence-electron chi connectivity index (χ4n) is 2.06. The first kappa shape index (κ1) is 20.0. The Morgan fingerprint density at radius 3 is 2.20 bits per heavy atom. The van der Waals surface area contributed by atoms with Crippen LogP contribution in [0, 0.1) is 0 Å². The van der Waals surface area contributed by atoms with Crippen LogP contribution in [0.15, 0.2) is 47.4 Å². The van der Waals surface area contributed by atoms with Crippen molar-refractivity contribution in [2.75, 3.05) is 13.6 Å². The normalized spacial score (nSPS) is 11.6. The van der Waals surface area contributed by atoms with Crippen LogP contribution in [-0.2, 0) is 21.4 Å². The number of likely N-dealkylation sites (N-methyl/N-ethyl adjacent to an activating group) is 1. The van der Waals surface area contributed by atoms with Crippen molar-refractivity contribution in [1.29, 1.82) is 0 Å². The van der Waals surface area contributed by atoms with Crippen LogP contribution in [0.1, 0.15) is 5.56 Å². The van der Waals surface area contributed by atoms with E-state index in [-0.39, 0.29) is 18.0 Å². The number of hydrogen-bond acceptors (Lipinski definition) is 3. The average Bonchev–Trinajstić information content (AvgIpc) is 2.56. The highest BCUT2D eigenvalue weighted by molar-refractivity contribution is 7.89. The molecule has 0 unspecified atom stereocenters. The van der Waals surface area contributed by atoms with E-state index in [1.807, 2.05) is 0 Å². The summed E-state index contributed by atoms with van der Waals surface area (Å²) in [5, 5.41) is 3.59. The van der Waals surface area contributed by atoms with Gasteiger partial charge in [0.2, 0.25) is 15.9 Å². The molecule has 2 rings (SSSR count). The van der Waals surface area contributed by atoms with Gasteiger partial charge in [0.1, 0.15) is 0 Å². The second-order valence-electron chi connectivity index (χ2n) is 5.14. The molecule has 1 amide bonds. The maximum atomic E-state index is 12.9. The maximum absolute atomic E-state index is 12.9. The summed E-state index contributed by atoms with van der Waals surface area (Å²) in [5.41, 5.74) is 0.535. The molecule has 0 atom stereocenters. The van der Waals surface area contributed by atoms with Crippen LogP contribution in [0.2, 0.25) is 15.1 Å². The van der Waals surface area contributed by atoms with Gasteiger partial charge in [-0.2, -0.15) is 4.31 Å². The highest BCUT2D eigenvalue weighted by Crippen LogP contribution is 2.25. The summed E-state index contributed by atoms with van der Waals surface area (Å²) in [4.78, 5) is 11.8. The first-order valence-corrected chi connectivity index (χ1v) is 9.71. The molecule has 5 nitrogen and oxygen atoms in total. The van der Waals surface area contributed by atoms with Crippen LogP contribution in [0.25, 0.3) is 0 Å². The molecule has 0 spiro atoms. The van der Waals surface area contributed by atoms with Crippen LogP contribution in [0.4, 0.5) is 0 Å². The lowest BCUT2D eigenvalue weighted by atomic mass is 10.2. The number of rotatable bonds is 6. The van der Waals surface area contributed by atoms with E-state index in [4.69, 9.17) is 34.8 Å². The lowest BCUT2D eigenvalue weighted by molar-refractivity contribution is -0.120. The van der Waals surface area contributed by atoms with Crippen molar-refractivity contribution in [2.45, 2.75) is 11.4 Å². The maximum Gasteiger partial charge on any atom is 0.243 e. The predicted molar refractivity (Wildman–Crippen MR) is 99.6 cm³/mol.